The van der Waals surface area contributed by atoms with E-state index < -0.39 is 17.6 Å². The summed E-state index contributed by atoms with van der Waals surface area (Å²) in [5.74, 6) is -1.70. The summed E-state index contributed by atoms with van der Waals surface area (Å²) in [6.07, 6.45) is 4.07. The summed E-state index contributed by atoms with van der Waals surface area (Å²) in [4.78, 5) is 24.7. The summed E-state index contributed by atoms with van der Waals surface area (Å²) in [6.45, 7) is 1.94. The number of anilines is 1. The van der Waals surface area contributed by atoms with Crippen molar-refractivity contribution in [1.29, 1.82) is 0 Å². The lowest BCUT2D eigenvalue weighted by molar-refractivity contribution is -0.137. The monoisotopic (exact) mass is 470 g/mol. The number of hydrogen-bond acceptors (Lipinski definition) is 4. The van der Waals surface area contributed by atoms with Gasteiger partial charge in [-0.05, 0) is 56.0 Å². The molecule has 2 N–H and O–H groups in total. The second-order valence-electron chi connectivity index (χ2n) is 8.97. The standard InChI is InChI=1S/C26H28F2N2O4/c1-15-20-13-18(27)14-21(28)25(20)34-24(15)23(16-5-3-4-6-16)29-19-9-7-17(8-10-19)26(33)30(2)12-11-22(31)32/h7-10,13-14,16,23,29H,3-6,11-12H2,1-2H3,(H,31,32). The molecule has 0 spiro atoms. The molecule has 8 heteroatoms. The molecular weight excluding hydrogens is 442 g/mol. The number of amides is 1. The van der Waals surface area contributed by atoms with E-state index in [2.05, 4.69) is 5.32 Å². The van der Waals surface area contributed by atoms with Gasteiger partial charge in [0.1, 0.15) is 11.6 Å². The maximum Gasteiger partial charge on any atom is 0.305 e. The first kappa shape index (κ1) is 23.7. The van der Waals surface area contributed by atoms with Gasteiger partial charge in [0.15, 0.2) is 11.4 Å². The highest BCUT2D eigenvalue weighted by Gasteiger charge is 2.31. The van der Waals surface area contributed by atoms with Crippen LogP contribution in [-0.4, -0.2) is 35.5 Å². The number of furan rings is 1. The van der Waals surface area contributed by atoms with Gasteiger partial charge in [-0.25, -0.2) is 8.78 Å². The Morgan fingerprint density at radius 1 is 1.18 bits per heavy atom. The highest BCUT2D eigenvalue weighted by molar-refractivity contribution is 5.94. The van der Waals surface area contributed by atoms with Crippen molar-refractivity contribution in [3.05, 3.63) is 64.9 Å². The number of nitrogens with one attached hydrogen (secondary N) is 1. The molecule has 1 saturated carbocycles. The number of hydrogen-bond donors (Lipinski definition) is 2. The largest absolute Gasteiger partial charge is 0.481 e. The van der Waals surface area contributed by atoms with Crippen molar-refractivity contribution in [2.24, 2.45) is 5.92 Å². The van der Waals surface area contributed by atoms with Crippen molar-refractivity contribution in [2.45, 2.75) is 45.1 Å². The Morgan fingerprint density at radius 2 is 1.85 bits per heavy atom. The van der Waals surface area contributed by atoms with Gasteiger partial charge in [0.05, 0.1) is 12.5 Å². The van der Waals surface area contributed by atoms with Crippen LogP contribution in [0.4, 0.5) is 14.5 Å². The van der Waals surface area contributed by atoms with Gasteiger partial charge in [-0.3, -0.25) is 9.59 Å². The summed E-state index contributed by atoms with van der Waals surface area (Å²) in [5, 5.41) is 12.7. The molecule has 0 aliphatic heterocycles. The SMILES string of the molecule is Cc1c(C(Nc2ccc(C(=O)N(C)CCC(=O)O)cc2)C2CCCC2)oc2c(F)cc(F)cc12. The molecule has 1 amide bonds. The van der Waals surface area contributed by atoms with Gasteiger partial charge >= 0.3 is 5.97 Å². The number of carboxylic acids is 1. The predicted octanol–water partition coefficient (Wildman–Crippen LogP) is 5.91. The van der Waals surface area contributed by atoms with Gasteiger partial charge in [0.25, 0.3) is 5.91 Å². The summed E-state index contributed by atoms with van der Waals surface area (Å²) < 4.78 is 34.2. The summed E-state index contributed by atoms with van der Waals surface area (Å²) in [6, 6.07) is 8.86. The Kier molecular flexibility index (Phi) is 6.86. The van der Waals surface area contributed by atoms with Crippen LogP contribution < -0.4 is 5.32 Å². The summed E-state index contributed by atoms with van der Waals surface area (Å²) in [7, 11) is 1.57. The quantitative estimate of drug-likeness (QED) is 0.428. The Hall–Kier alpha value is -3.42. The Bertz CT molecular complexity index is 1200. The second-order valence-corrected chi connectivity index (χ2v) is 8.97. The number of carboxylic acid groups (broad SMARTS) is 1. The molecule has 2 aromatic carbocycles. The fourth-order valence-corrected chi connectivity index (χ4v) is 4.72. The molecule has 1 aliphatic carbocycles. The van der Waals surface area contributed by atoms with Crippen molar-refractivity contribution >= 4 is 28.5 Å². The highest BCUT2D eigenvalue weighted by atomic mass is 19.1. The molecular formula is C26H28F2N2O4. The molecule has 6 nitrogen and oxygen atoms in total. The number of aryl methyl sites for hydroxylation is 1. The van der Waals surface area contributed by atoms with Gasteiger partial charge < -0.3 is 19.7 Å². The van der Waals surface area contributed by atoms with Gasteiger partial charge in [-0.15, -0.1) is 0 Å². The number of aliphatic carboxylic acids is 1. The molecule has 34 heavy (non-hydrogen) atoms. The number of carbonyl (C=O) groups excluding carboxylic acids is 1. The van der Waals surface area contributed by atoms with E-state index in [0.29, 0.717) is 22.3 Å². The number of nitrogens with zero attached hydrogens (tertiary/aromatic N) is 1. The first-order chi connectivity index (χ1) is 16.2. The molecule has 1 heterocycles. The lowest BCUT2D eigenvalue weighted by Crippen LogP contribution is -2.29. The van der Waals surface area contributed by atoms with Crippen molar-refractivity contribution in [3.8, 4) is 0 Å². The molecule has 4 rings (SSSR count). The van der Waals surface area contributed by atoms with E-state index in [4.69, 9.17) is 9.52 Å². The van der Waals surface area contributed by atoms with Crippen molar-refractivity contribution in [3.63, 3.8) is 0 Å². The summed E-state index contributed by atoms with van der Waals surface area (Å²) in [5.41, 5.74) is 2.00. The molecule has 0 saturated heterocycles. The van der Waals surface area contributed by atoms with Gasteiger partial charge in [0.2, 0.25) is 0 Å². The lowest BCUT2D eigenvalue weighted by Gasteiger charge is -2.25. The highest BCUT2D eigenvalue weighted by Crippen LogP contribution is 2.42. The summed E-state index contributed by atoms with van der Waals surface area (Å²) >= 11 is 0. The zero-order chi connectivity index (χ0) is 24.4. The molecule has 0 bridgehead atoms. The smallest absolute Gasteiger partial charge is 0.305 e. The lowest BCUT2D eigenvalue weighted by atomic mass is 9.93. The number of fused-ring (bicyclic) bond motifs is 1. The average Bonchev–Trinajstić information content (AvgIpc) is 3.45. The third-order valence-corrected chi connectivity index (χ3v) is 6.61. The molecule has 1 aliphatic rings. The van der Waals surface area contributed by atoms with E-state index in [0.717, 1.165) is 37.4 Å². The van der Waals surface area contributed by atoms with Crippen LogP contribution in [0.2, 0.25) is 0 Å². The molecule has 180 valence electrons. The normalized spacial score (nSPS) is 14.9. The van der Waals surface area contributed by atoms with Gasteiger partial charge in [0, 0.05) is 41.9 Å². The first-order valence-corrected chi connectivity index (χ1v) is 11.5. The van der Waals surface area contributed by atoms with E-state index in [-0.39, 0.29) is 36.4 Å². The fraction of sp³-hybridized carbons (Fsp3) is 0.385. The minimum absolute atomic E-state index is 0.0593. The van der Waals surface area contributed by atoms with Crippen molar-refractivity contribution < 1.29 is 27.9 Å². The Balaban J connectivity index is 1.59. The topological polar surface area (TPSA) is 82.8 Å². The fourth-order valence-electron chi connectivity index (χ4n) is 4.72. The molecule has 1 fully saturated rings. The number of benzene rings is 2. The van der Waals surface area contributed by atoms with Crippen molar-refractivity contribution in [2.75, 3.05) is 18.9 Å². The van der Waals surface area contributed by atoms with Gasteiger partial charge in [-0.1, -0.05) is 12.8 Å². The average molecular weight is 471 g/mol. The number of carbonyl (C=O) groups is 2. The number of rotatable bonds is 8. The van der Waals surface area contributed by atoms with Crippen LogP contribution >= 0.6 is 0 Å². The first-order valence-electron chi connectivity index (χ1n) is 11.5. The third kappa shape index (κ3) is 4.90. The minimum atomic E-state index is -0.958. The molecule has 3 aromatic rings. The molecule has 1 unspecified atom stereocenters. The van der Waals surface area contributed by atoms with Crippen LogP contribution in [0.15, 0.2) is 40.8 Å². The zero-order valence-electron chi connectivity index (χ0n) is 19.2. The van der Waals surface area contributed by atoms with Crippen molar-refractivity contribution in [1.82, 2.24) is 4.90 Å². The second kappa shape index (κ2) is 9.83. The van der Waals surface area contributed by atoms with E-state index in [9.17, 15) is 18.4 Å². The Labute approximate surface area is 196 Å². The van der Waals surface area contributed by atoms with Crippen LogP contribution in [0, 0.1) is 24.5 Å². The zero-order valence-corrected chi connectivity index (χ0v) is 19.2. The molecule has 1 aromatic heterocycles. The van der Waals surface area contributed by atoms with Gasteiger partial charge in [-0.2, -0.15) is 0 Å². The van der Waals surface area contributed by atoms with Crippen LogP contribution in [0.25, 0.3) is 11.0 Å². The van der Waals surface area contributed by atoms with E-state index >= 15 is 0 Å². The van der Waals surface area contributed by atoms with E-state index in [1.165, 1.54) is 11.0 Å². The predicted molar refractivity (Wildman–Crippen MR) is 125 cm³/mol. The van der Waals surface area contributed by atoms with Crippen LogP contribution in [0.3, 0.4) is 0 Å². The van der Waals surface area contributed by atoms with Crippen LogP contribution in [-0.2, 0) is 4.79 Å². The van der Waals surface area contributed by atoms with E-state index in [1.54, 1.807) is 31.3 Å². The maximum atomic E-state index is 14.4. The molecule has 1 atom stereocenters. The molecule has 0 radical (unpaired) electrons. The third-order valence-electron chi connectivity index (χ3n) is 6.61. The number of halogens is 2. The maximum absolute atomic E-state index is 14.4. The minimum Gasteiger partial charge on any atom is -0.481 e. The Morgan fingerprint density at radius 3 is 2.50 bits per heavy atom. The van der Waals surface area contributed by atoms with Crippen LogP contribution in [0.1, 0.15) is 59.8 Å². The van der Waals surface area contributed by atoms with Crippen LogP contribution in [0.5, 0.6) is 0 Å². The van der Waals surface area contributed by atoms with E-state index in [1.807, 2.05) is 6.92 Å².